The lowest BCUT2D eigenvalue weighted by Gasteiger charge is -2.35. The number of aromatic nitrogens is 3. The zero-order valence-electron chi connectivity index (χ0n) is 19.3. The van der Waals surface area contributed by atoms with E-state index in [9.17, 15) is 39.6 Å². The molecular weight excluding hydrogens is 540 g/mol. The van der Waals surface area contributed by atoms with Gasteiger partial charge in [0.05, 0.1) is 22.8 Å². The highest BCUT2D eigenvalue weighted by atomic mass is 32.2. The molecule has 8 nitrogen and oxygen atoms in total. The van der Waals surface area contributed by atoms with E-state index in [1.54, 1.807) is 0 Å². The third-order valence-electron chi connectivity index (χ3n) is 6.02. The number of sulfonamides is 1. The summed E-state index contributed by atoms with van der Waals surface area (Å²) in [4.78, 5) is 23.9. The molecule has 3 heterocycles. The van der Waals surface area contributed by atoms with Crippen LogP contribution in [-0.2, 0) is 27.5 Å². The Balaban J connectivity index is 1.55. The summed E-state index contributed by atoms with van der Waals surface area (Å²) in [5, 5.41) is 2.29. The van der Waals surface area contributed by atoms with Crippen molar-refractivity contribution in [2.24, 2.45) is 0 Å². The minimum atomic E-state index is -4.63. The Kier molecular flexibility index (Phi) is 7.43. The molecule has 1 fully saturated rings. The smallest absolute Gasteiger partial charge is 0.349 e. The topological polar surface area (TPSA) is 105 Å². The summed E-state index contributed by atoms with van der Waals surface area (Å²) in [7, 11) is -4.58. The first-order chi connectivity index (χ1) is 17.9. The second-order valence-corrected chi connectivity index (χ2v) is 10.2. The summed E-state index contributed by atoms with van der Waals surface area (Å²) < 4.78 is 107. The van der Waals surface area contributed by atoms with E-state index in [4.69, 9.17) is 0 Å². The largest absolute Gasteiger partial charge is 0.433 e. The second-order valence-electron chi connectivity index (χ2n) is 8.37. The van der Waals surface area contributed by atoms with Gasteiger partial charge in [0.15, 0.2) is 5.54 Å². The number of hydrogen-bond acceptors (Lipinski definition) is 6. The number of rotatable bonds is 7. The molecule has 0 radical (unpaired) electrons. The van der Waals surface area contributed by atoms with Crippen LogP contribution in [0.4, 0.5) is 26.3 Å². The number of nitrogens with zero attached hydrogens (tertiary/aromatic N) is 4. The van der Waals surface area contributed by atoms with Gasteiger partial charge in [0, 0.05) is 18.3 Å². The van der Waals surface area contributed by atoms with Crippen molar-refractivity contribution >= 4 is 15.9 Å². The maximum Gasteiger partial charge on any atom is 0.433 e. The van der Waals surface area contributed by atoms with Crippen LogP contribution >= 0.6 is 0 Å². The lowest BCUT2D eigenvalue weighted by atomic mass is 9.97. The number of carbonyl (C=O) groups excluding carboxylic acids is 1. The van der Waals surface area contributed by atoms with Gasteiger partial charge in [-0.2, -0.15) is 17.5 Å². The van der Waals surface area contributed by atoms with Gasteiger partial charge in [-0.25, -0.2) is 31.6 Å². The summed E-state index contributed by atoms with van der Waals surface area (Å²) in [5.41, 5.74) is -3.31. The van der Waals surface area contributed by atoms with Crippen LogP contribution in [-0.4, -0.2) is 52.1 Å². The van der Waals surface area contributed by atoms with Gasteiger partial charge >= 0.3 is 6.18 Å². The van der Waals surface area contributed by atoms with Gasteiger partial charge in [-0.15, -0.1) is 0 Å². The quantitative estimate of drug-likeness (QED) is 0.442. The second kappa shape index (κ2) is 10.3. The van der Waals surface area contributed by atoms with Crippen molar-refractivity contribution in [1.82, 2.24) is 24.6 Å². The Morgan fingerprint density at radius 1 is 1.08 bits per heavy atom. The Bertz CT molecular complexity index is 1420. The molecule has 3 aromatic rings. The molecule has 1 N–H and O–H groups in total. The molecule has 1 amide bonds. The van der Waals surface area contributed by atoms with Crippen LogP contribution in [0.3, 0.4) is 0 Å². The molecule has 0 saturated carbocycles. The summed E-state index contributed by atoms with van der Waals surface area (Å²) in [6.07, 6.45) is -6.47. The molecule has 15 heteroatoms. The molecule has 0 bridgehead atoms. The Morgan fingerprint density at radius 2 is 1.79 bits per heavy atom. The molecule has 2 aromatic heterocycles. The van der Waals surface area contributed by atoms with Crippen LogP contribution in [0.1, 0.15) is 24.2 Å². The first-order valence-corrected chi connectivity index (χ1v) is 12.5. The minimum absolute atomic E-state index is 0.0171. The Morgan fingerprint density at radius 3 is 2.39 bits per heavy atom. The molecule has 0 aliphatic carbocycles. The van der Waals surface area contributed by atoms with E-state index in [2.05, 4.69) is 20.3 Å². The van der Waals surface area contributed by atoms with Gasteiger partial charge in [0.25, 0.3) is 6.43 Å². The van der Waals surface area contributed by atoms with Crippen LogP contribution in [0.2, 0.25) is 0 Å². The van der Waals surface area contributed by atoms with Crippen LogP contribution in [0.5, 0.6) is 0 Å². The van der Waals surface area contributed by atoms with Crippen molar-refractivity contribution in [1.29, 1.82) is 0 Å². The highest BCUT2D eigenvalue weighted by Crippen LogP contribution is 2.39. The summed E-state index contributed by atoms with van der Waals surface area (Å²) >= 11 is 0. The molecule has 202 valence electrons. The van der Waals surface area contributed by atoms with Crippen LogP contribution in [0.15, 0.2) is 59.9 Å². The first-order valence-electron chi connectivity index (χ1n) is 11.0. The van der Waals surface area contributed by atoms with Crippen molar-refractivity contribution in [3.63, 3.8) is 0 Å². The Hall–Kier alpha value is -3.59. The van der Waals surface area contributed by atoms with E-state index in [1.165, 1.54) is 6.07 Å². The van der Waals surface area contributed by atoms with Crippen molar-refractivity contribution in [3.8, 4) is 11.3 Å². The molecule has 38 heavy (non-hydrogen) atoms. The average molecular weight is 559 g/mol. The van der Waals surface area contributed by atoms with E-state index in [0.29, 0.717) is 4.31 Å². The van der Waals surface area contributed by atoms with E-state index in [-0.39, 0.29) is 29.9 Å². The van der Waals surface area contributed by atoms with Gasteiger partial charge in [-0.3, -0.25) is 9.78 Å². The average Bonchev–Trinajstić information content (AvgIpc) is 3.35. The van der Waals surface area contributed by atoms with Gasteiger partial charge in [0.1, 0.15) is 17.8 Å². The van der Waals surface area contributed by atoms with E-state index in [1.807, 2.05) is 0 Å². The number of hydrogen-bond donors (Lipinski definition) is 1. The minimum Gasteiger partial charge on any atom is -0.349 e. The number of amides is 1. The molecule has 1 unspecified atom stereocenters. The fourth-order valence-corrected chi connectivity index (χ4v) is 5.90. The van der Waals surface area contributed by atoms with Gasteiger partial charge < -0.3 is 5.32 Å². The van der Waals surface area contributed by atoms with E-state index >= 15 is 0 Å². The normalized spacial score (nSPS) is 18.6. The zero-order chi connectivity index (χ0) is 27.7. The standard InChI is InChI=1S/C23H19F6N5O3S/c24-15-3-5-17(6-4-15)38(36,37)34-9-1-8-22(34,20(25)26)21(35)31-12-16-10-18(33-13-32-16)14-2-7-19(30-11-14)23(27,28)29/h2-7,10-11,13,20H,1,8-9,12H2,(H,31,35). The number of pyridine rings is 1. The molecule has 1 aliphatic heterocycles. The number of halogens is 6. The lowest BCUT2D eigenvalue weighted by molar-refractivity contribution is -0.141. The van der Waals surface area contributed by atoms with Crippen molar-refractivity contribution < 1.29 is 39.6 Å². The maximum absolute atomic E-state index is 14.4. The van der Waals surface area contributed by atoms with Crippen LogP contribution < -0.4 is 5.32 Å². The van der Waals surface area contributed by atoms with Crippen molar-refractivity contribution in [2.75, 3.05) is 6.54 Å². The van der Waals surface area contributed by atoms with Crippen LogP contribution in [0, 0.1) is 5.82 Å². The number of benzene rings is 1. The maximum atomic E-state index is 14.4. The molecule has 1 atom stereocenters. The molecular formula is C23H19F6N5O3S. The zero-order valence-corrected chi connectivity index (χ0v) is 20.1. The summed E-state index contributed by atoms with van der Waals surface area (Å²) in [5.74, 6) is -1.98. The van der Waals surface area contributed by atoms with E-state index in [0.717, 1.165) is 48.9 Å². The highest BCUT2D eigenvalue weighted by Gasteiger charge is 2.59. The molecule has 1 saturated heterocycles. The fraction of sp³-hybridized carbons (Fsp3) is 0.304. The third-order valence-corrected chi connectivity index (χ3v) is 7.98. The van der Waals surface area contributed by atoms with E-state index < -0.39 is 63.4 Å². The van der Waals surface area contributed by atoms with Gasteiger partial charge in [-0.05, 0) is 55.3 Å². The molecule has 1 aromatic carbocycles. The van der Waals surface area contributed by atoms with Gasteiger partial charge in [0.2, 0.25) is 15.9 Å². The monoisotopic (exact) mass is 559 g/mol. The number of carbonyl (C=O) groups is 1. The number of nitrogens with one attached hydrogen (secondary N) is 1. The van der Waals surface area contributed by atoms with Crippen LogP contribution in [0.25, 0.3) is 11.3 Å². The highest BCUT2D eigenvalue weighted by molar-refractivity contribution is 7.89. The predicted octanol–water partition coefficient (Wildman–Crippen LogP) is 3.80. The summed E-state index contributed by atoms with van der Waals surface area (Å²) in [6.45, 7) is -0.753. The lowest BCUT2D eigenvalue weighted by Crippen LogP contribution is -2.61. The SMILES string of the molecule is O=C(NCc1cc(-c2ccc(C(F)(F)F)nc2)ncn1)C1(C(F)F)CCCN1S(=O)(=O)c1ccc(F)cc1. The number of alkyl halides is 5. The Labute approximate surface area is 212 Å². The molecule has 1 aliphatic rings. The summed E-state index contributed by atoms with van der Waals surface area (Å²) in [6, 6.07) is 6.81. The first kappa shape index (κ1) is 27.4. The fourth-order valence-electron chi connectivity index (χ4n) is 4.12. The third kappa shape index (κ3) is 5.20. The molecule has 4 rings (SSSR count). The van der Waals surface area contributed by atoms with Crippen molar-refractivity contribution in [2.45, 2.75) is 42.4 Å². The van der Waals surface area contributed by atoms with Gasteiger partial charge in [-0.1, -0.05) is 0 Å². The predicted molar refractivity (Wildman–Crippen MR) is 120 cm³/mol. The molecule has 0 spiro atoms. The van der Waals surface area contributed by atoms with Crippen molar-refractivity contribution in [3.05, 3.63) is 72.2 Å².